The quantitative estimate of drug-likeness (QED) is 0.473. The molecule has 4 N–H and O–H groups in total. The van der Waals surface area contributed by atoms with Gasteiger partial charge in [-0.1, -0.05) is 11.6 Å². The Morgan fingerprint density at radius 2 is 2.04 bits per heavy atom. The van der Waals surface area contributed by atoms with Crippen molar-refractivity contribution in [2.45, 2.75) is 43.0 Å². The van der Waals surface area contributed by atoms with Crippen LogP contribution in [0.15, 0.2) is 40.0 Å². The molecular formula is C20H22ClN3O3S. The molecule has 148 valence electrons. The Hall–Kier alpha value is -2.25. The molecule has 3 rings (SSSR count). The molecule has 0 saturated heterocycles. The first-order chi connectivity index (χ1) is 13.4. The van der Waals surface area contributed by atoms with E-state index < -0.39 is 11.5 Å². The summed E-state index contributed by atoms with van der Waals surface area (Å²) in [7, 11) is 0. The van der Waals surface area contributed by atoms with E-state index in [-0.39, 0.29) is 17.5 Å². The maximum Gasteiger partial charge on any atom is 0.261 e. The first-order valence-corrected chi connectivity index (χ1v) is 10.5. The molecule has 0 spiro atoms. The van der Waals surface area contributed by atoms with E-state index in [1.54, 1.807) is 11.8 Å². The van der Waals surface area contributed by atoms with Gasteiger partial charge in [-0.05, 0) is 67.3 Å². The fourth-order valence-electron chi connectivity index (χ4n) is 3.29. The lowest BCUT2D eigenvalue weighted by Crippen LogP contribution is -2.34. The summed E-state index contributed by atoms with van der Waals surface area (Å²) < 4.78 is 0. The third-order valence-electron chi connectivity index (χ3n) is 4.68. The van der Waals surface area contributed by atoms with E-state index >= 15 is 0 Å². The van der Waals surface area contributed by atoms with E-state index in [1.807, 2.05) is 24.3 Å². The number of H-pyrrole nitrogens is 1. The monoisotopic (exact) mass is 419 g/mol. The zero-order valence-corrected chi connectivity index (χ0v) is 16.9. The second-order valence-electron chi connectivity index (χ2n) is 6.73. The number of carbonyl (C=O) groups excluding carboxylic acids is 2. The molecule has 8 heteroatoms. The zero-order valence-electron chi connectivity index (χ0n) is 15.3. The van der Waals surface area contributed by atoms with E-state index in [0.29, 0.717) is 17.9 Å². The Morgan fingerprint density at radius 1 is 1.29 bits per heavy atom. The Labute approximate surface area is 172 Å². The number of aromatic nitrogens is 1. The maximum atomic E-state index is 12.4. The van der Waals surface area contributed by atoms with Crippen LogP contribution in [0, 0.1) is 0 Å². The largest absolute Gasteiger partial charge is 0.365 e. The summed E-state index contributed by atoms with van der Waals surface area (Å²) >= 11 is 7.55. The minimum Gasteiger partial charge on any atom is -0.365 e. The Balaban J connectivity index is 1.55. The number of fused-ring (bicyclic) bond motifs is 1. The van der Waals surface area contributed by atoms with Crippen molar-refractivity contribution in [3.8, 4) is 0 Å². The van der Waals surface area contributed by atoms with Gasteiger partial charge in [-0.15, -0.1) is 11.8 Å². The number of hydrogen-bond acceptors (Lipinski definition) is 4. The highest BCUT2D eigenvalue weighted by Crippen LogP contribution is 2.28. The maximum absolute atomic E-state index is 12.4. The van der Waals surface area contributed by atoms with Gasteiger partial charge in [0.05, 0.1) is 6.04 Å². The van der Waals surface area contributed by atoms with Crippen LogP contribution in [-0.4, -0.2) is 22.6 Å². The topological polar surface area (TPSA) is 105 Å². The molecule has 1 aliphatic carbocycles. The van der Waals surface area contributed by atoms with Crippen molar-refractivity contribution in [3.63, 3.8) is 0 Å². The molecule has 0 radical (unpaired) electrons. The van der Waals surface area contributed by atoms with Crippen LogP contribution in [0.3, 0.4) is 0 Å². The van der Waals surface area contributed by atoms with Crippen LogP contribution in [-0.2, 0) is 11.2 Å². The summed E-state index contributed by atoms with van der Waals surface area (Å²) in [5.74, 6) is 0.0235. The molecule has 1 atom stereocenters. The minimum atomic E-state index is -0.765. The second kappa shape index (κ2) is 9.30. The minimum absolute atomic E-state index is 0.0404. The van der Waals surface area contributed by atoms with Gasteiger partial charge in [0.1, 0.15) is 5.56 Å². The van der Waals surface area contributed by atoms with Crippen molar-refractivity contribution < 1.29 is 9.59 Å². The molecule has 2 aromatic rings. The van der Waals surface area contributed by atoms with E-state index in [2.05, 4.69) is 10.3 Å². The van der Waals surface area contributed by atoms with Crippen LogP contribution in [0.4, 0.5) is 0 Å². The highest BCUT2D eigenvalue weighted by molar-refractivity contribution is 7.99. The fourth-order valence-corrected chi connectivity index (χ4v) is 4.27. The summed E-state index contributed by atoms with van der Waals surface area (Å²) in [5, 5.41) is 3.73. The average Bonchev–Trinajstić information content (AvgIpc) is 2.66. The molecule has 0 fully saturated rings. The number of pyridine rings is 1. The van der Waals surface area contributed by atoms with Gasteiger partial charge in [0.15, 0.2) is 0 Å². The van der Waals surface area contributed by atoms with Crippen LogP contribution in [0.1, 0.15) is 53.3 Å². The SMILES string of the molecule is NC(=O)c1cc2c([nH]c1=O)CCCC2NC(=O)CCCSc1ccc(Cl)cc1. The van der Waals surface area contributed by atoms with Gasteiger partial charge in [0.2, 0.25) is 5.91 Å². The molecule has 0 aliphatic heterocycles. The summed E-state index contributed by atoms with van der Waals surface area (Å²) in [6.45, 7) is 0. The van der Waals surface area contributed by atoms with E-state index in [1.165, 1.54) is 6.07 Å². The van der Waals surface area contributed by atoms with Crippen molar-refractivity contribution in [1.82, 2.24) is 10.3 Å². The average molecular weight is 420 g/mol. The summed E-state index contributed by atoms with van der Waals surface area (Å²) in [4.78, 5) is 39.6. The first-order valence-electron chi connectivity index (χ1n) is 9.17. The number of carbonyl (C=O) groups is 2. The predicted molar refractivity (Wildman–Crippen MR) is 111 cm³/mol. The van der Waals surface area contributed by atoms with Crippen molar-refractivity contribution in [2.75, 3.05) is 5.75 Å². The number of primary amides is 1. The highest BCUT2D eigenvalue weighted by Gasteiger charge is 2.24. The predicted octanol–water partition coefficient (Wildman–Crippen LogP) is 3.19. The van der Waals surface area contributed by atoms with Crippen molar-refractivity contribution >= 4 is 35.2 Å². The van der Waals surface area contributed by atoms with Gasteiger partial charge in [-0.2, -0.15) is 0 Å². The van der Waals surface area contributed by atoms with Crippen LogP contribution in [0.5, 0.6) is 0 Å². The Kier molecular flexibility index (Phi) is 6.80. The van der Waals surface area contributed by atoms with Gasteiger partial charge in [0, 0.05) is 22.0 Å². The van der Waals surface area contributed by atoms with E-state index in [4.69, 9.17) is 17.3 Å². The molecule has 1 unspecified atom stereocenters. The number of halogens is 1. The summed E-state index contributed by atoms with van der Waals surface area (Å²) in [6.07, 6.45) is 3.50. The van der Waals surface area contributed by atoms with Gasteiger partial charge in [0.25, 0.3) is 11.5 Å². The number of amides is 2. The molecular weight excluding hydrogens is 398 g/mol. The lowest BCUT2D eigenvalue weighted by molar-refractivity contribution is -0.121. The fraction of sp³-hybridized carbons (Fsp3) is 0.350. The van der Waals surface area contributed by atoms with Gasteiger partial charge in [-0.25, -0.2) is 0 Å². The molecule has 1 aromatic carbocycles. The standard InChI is InChI=1S/C20H22ClN3O3S/c21-12-6-8-13(9-7-12)28-10-2-5-18(25)23-16-3-1-4-17-14(16)11-15(19(22)26)20(27)24-17/h6-9,11,16H,1-5,10H2,(H2,22,26)(H,23,25)(H,24,27). The van der Waals surface area contributed by atoms with E-state index in [9.17, 15) is 14.4 Å². The molecule has 0 bridgehead atoms. The number of hydrogen-bond donors (Lipinski definition) is 3. The van der Waals surface area contributed by atoms with Gasteiger partial charge >= 0.3 is 0 Å². The lowest BCUT2D eigenvalue weighted by Gasteiger charge is -2.26. The summed E-state index contributed by atoms with van der Waals surface area (Å²) in [6, 6.07) is 8.93. The Bertz CT molecular complexity index is 927. The molecule has 0 saturated carbocycles. The zero-order chi connectivity index (χ0) is 20.1. The van der Waals surface area contributed by atoms with Crippen LogP contribution < -0.4 is 16.6 Å². The number of nitrogens with two attached hydrogens (primary N) is 1. The van der Waals surface area contributed by atoms with Crippen molar-refractivity contribution in [3.05, 3.63) is 62.5 Å². The lowest BCUT2D eigenvalue weighted by atomic mass is 9.90. The molecule has 1 heterocycles. The van der Waals surface area contributed by atoms with Crippen LogP contribution >= 0.6 is 23.4 Å². The molecule has 28 heavy (non-hydrogen) atoms. The molecule has 6 nitrogen and oxygen atoms in total. The van der Waals surface area contributed by atoms with Gasteiger partial charge in [-0.3, -0.25) is 14.4 Å². The molecule has 1 aromatic heterocycles. The number of aromatic amines is 1. The third kappa shape index (κ3) is 5.17. The number of benzene rings is 1. The number of thioether (sulfide) groups is 1. The molecule has 2 amide bonds. The number of aryl methyl sites for hydroxylation is 1. The normalized spacial score (nSPS) is 15.7. The van der Waals surface area contributed by atoms with Crippen molar-refractivity contribution in [1.29, 1.82) is 0 Å². The van der Waals surface area contributed by atoms with Crippen LogP contribution in [0.2, 0.25) is 5.02 Å². The highest BCUT2D eigenvalue weighted by atomic mass is 35.5. The van der Waals surface area contributed by atoms with Crippen LogP contribution in [0.25, 0.3) is 0 Å². The summed E-state index contributed by atoms with van der Waals surface area (Å²) in [5.41, 5.74) is 6.28. The second-order valence-corrected chi connectivity index (χ2v) is 8.33. The molecule has 1 aliphatic rings. The van der Waals surface area contributed by atoms with Crippen molar-refractivity contribution in [2.24, 2.45) is 5.73 Å². The number of rotatable bonds is 7. The smallest absolute Gasteiger partial charge is 0.261 e. The first kappa shape index (κ1) is 20.5. The number of nitrogens with one attached hydrogen (secondary N) is 2. The Morgan fingerprint density at radius 3 is 2.75 bits per heavy atom. The van der Waals surface area contributed by atoms with E-state index in [0.717, 1.165) is 41.2 Å². The van der Waals surface area contributed by atoms with Gasteiger partial charge < -0.3 is 16.0 Å². The third-order valence-corrected chi connectivity index (χ3v) is 6.03.